The number of aliphatic hydroxyl groups excluding tert-OH is 2. The number of carbonyl (C=O) groups excluding carboxylic acids is 4. The molecule has 4 aliphatic rings. The van der Waals surface area contributed by atoms with Crippen LogP contribution in [0.1, 0.15) is 73.9 Å². The van der Waals surface area contributed by atoms with Crippen molar-refractivity contribution in [3.05, 3.63) is 144 Å². The fourth-order valence-electron chi connectivity index (χ4n) is 9.04. The number of amides is 6. The lowest BCUT2D eigenvalue weighted by atomic mass is 9.94. The maximum Gasteiger partial charge on any atom is 0.315 e. The third kappa shape index (κ3) is 9.68. The third-order valence-electron chi connectivity index (χ3n) is 12.2. The summed E-state index contributed by atoms with van der Waals surface area (Å²) in [6.45, 7) is 4.76. The second-order valence-electron chi connectivity index (χ2n) is 16.5. The number of likely N-dealkylation sites (tertiary alicyclic amines) is 2. The summed E-state index contributed by atoms with van der Waals surface area (Å²) in [5, 5.41) is 32.6. The van der Waals surface area contributed by atoms with Gasteiger partial charge in [0.25, 0.3) is 11.8 Å². The molecule has 14 heteroatoms. The number of rotatable bonds is 13. The highest BCUT2D eigenvalue weighted by atomic mass is 16.3. The van der Waals surface area contributed by atoms with Crippen molar-refractivity contribution in [2.45, 2.75) is 75.9 Å². The van der Waals surface area contributed by atoms with Crippen molar-refractivity contribution in [3.63, 3.8) is 0 Å². The van der Waals surface area contributed by atoms with Crippen LogP contribution in [0.25, 0.3) is 22.3 Å². The first kappa shape index (κ1) is 43.7. The second kappa shape index (κ2) is 19.7. The van der Waals surface area contributed by atoms with E-state index in [0.29, 0.717) is 49.9 Å². The largest absolute Gasteiger partial charge is 0.391 e. The Morgan fingerprint density at radius 3 is 1.28 bits per heavy atom. The molecule has 64 heavy (non-hydrogen) atoms. The van der Waals surface area contributed by atoms with Crippen LogP contribution in [0.3, 0.4) is 0 Å². The maximum atomic E-state index is 14.1. The average Bonchev–Trinajstić information content (AvgIpc) is 4.15. The van der Waals surface area contributed by atoms with Crippen molar-refractivity contribution in [2.75, 3.05) is 26.2 Å². The molecule has 4 aliphatic heterocycles. The Bertz CT molecular complexity index is 2300. The molecule has 6 atom stereocenters. The summed E-state index contributed by atoms with van der Waals surface area (Å²) in [6, 6.07) is 31.3. The van der Waals surface area contributed by atoms with Crippen LogP contribution in [-0.2, 0) is 9.59 Å². The highest BCUT2D eigenvalue weighted by molar-refractivity contribution is 6.05. The van der Waals surface area contributed by atoms with Crippen molar-refractivity contribution in [1.29, 1.82) is 0 Å². The quantitative estimate of drug-likeness (QED) is 0.0991. The summed E-state index contributed by atoms with van der Waals surface area (Å²) in [6.07, 6.45) is 4.04. The highest BCUT2D eigenvalue weighted by Gasteiger charge is 2.43. The predicted molar refractivity (Wildman–Crippen MR) is 247 cm³/mol. The number of carbonyl (C=O) groups is 4. The molecular formula is C50H54N8O6. The smallest absolute Gasteiger partial charge is 0.315 e. The van der Waals surface area contributed by atoms with Crippen molar-refractivity contribution in [3.8, 4) is 11.1 Å². The Kier molecular flexibility index (Phi) is 13.4. The van der Waals surface area contributed by atoms with Gasteiger partial charge in [-0.2, -0.15) is 0 Å². The van der Waals surface area contributed by atoms with E-state index in [0.717, 1.165) is 44.8 Å². The molecule has 0 aromatic heterocycles. The molecule has 0 spiro atoms. The van der Waals surface area contributed by atoms with Gasteiger partial charge in [0, 0.05) is 75.7 Å². The predicted octanol–water partition coefficient (Wildman–Crippen LogP) is 5.77. The van der Waals surface area contributed by atoms with Gasteiger partial charge in [0.15, 0.2) is 0 Å². The van der Waals surface area contributed by atoms with E-state index >= 15 is 0 Å². The van der Waals surface area contributed by atoms with E-state index in [-0.39, 0.29) is 24.9 Å². The molecule has 330 valence electrons. The van der Waals surface area contributed by atoms with Gasteiger partial charge in [0.2, 0.25) is 0 Å². The number of urea groups is 2. The van der Waals surface area contributed by atoms with E-state index in [4.69, 9.17) is 9.98 Å². The number of aliphatic imine (C=N–C) groups is 2. The maximum absolute atomic E-state index is 14.1. The van der Waals surface area contributed by atoms with Gasteiger partial charge in [-0.1, -0.05) is 109 Å². The van der Waals surface area contributed by atoms with Gasteiger partial charge >= 0.3 is 12.1 Å². The number of β-amino-alcohol motifs (C(OH)–C–C–N with tert-alkyl or cyclic N) is 2. The van der Waals surface area contributed by atoms with Crippen LogP contribution in [0.4, 0.5) is 9.59 Å². The summed E-state index contributed by atoms with van der Waals surface area (Å²) >= 11 is 0. The molecule has 0 unspecified atom stereocenters. The van der Waals surface area contributed by atoms with Gasteiger partial charge in [0.1, 0.15) is 12.1 Å². The fourth-order valence-corrected chi connectivity index (χ4v) is 9.04. The molecular weight excluding hydrogens is 809 g/mol. The molecule has 0 aliphatic carbocycles. The Morgan fingerprint density at radius 1 is 0.562 bits per heavy atom. The minimum absolute atomic E-state index is 0.149. The zero-order valence-corrected chi connectivity index (χ0v) is 36.0. The van der Waals surface area contributed by atoms with Crippen LogP contribution in [0.2, 0.25) is 0 Å². The molecule has 4 aromatic rings. The molecule has 0 saturated carbocycles. The number of benzene rings is 4. The lowest BCUT2D eigenvalue weighted by Gasteiger charge is -2.29. The Hall–Kier alpha value is -6.90. The van der Waals surface area contributed by atoms with Crippen LogP contribution in [0.15, 0.2) is 132 Å². The standard InChI is InChI=1S/C50H54N8O6/c1-3-51-49(63)55-45(35-11-7-5-8-12-35)47(61)57-29-39(59)25-43(57)41-23-37(27-53-41)33-19-15-31(16-20-33)32-17-21-34(22-18-32)38-24-42(54-28-38)44-26-40(60)30-58(44)48(62)46(56-50(64)52-4-2)36-13-9-6-10-14-36/h5-22,27-28,39-40,43-46,59-60H,3-4,23-26,29-30H2,1-2H3,(H2,51,55,63)(H2,52,56,64)/t39-,40-,43+,44+,45-,46-/m1/s1. The number of hydrogen-bond acceptors (Lipinski definition) is 8. The number of aliphatic hydroxyl groups is 2. The zero-order chi connectivity index (χ0) is 44.7. The van der Waals surface area contributed by atoms with E-state index < -0.39 is 48.4 Å². The number of nitrogens with one attached hydrogen (secondary N) is 4. The van der Waals surface area contributed by atoms with Crippen LogP contribution >= 0.6 is 0 Å². The van der Waals surface area contributed by atoms with Crippen LogP contribution < -0.4 is 21.3 Å². The first-order valence-electron chi connectivity index (χ1n) is 22.0. The monoisotopic (exact) mass is 862 g/mol. The molecule has 6 amide bonds. The zero-order valence-electron chi connectivity index (χ0n) is 36.0. The summed E-state index contributed by atoms with van der Waals surface area (Å²) in [5.74, 6) is -0.591. The lowest BCUT2D eigenvalue weighted by Crippen LogP contribution is -2.49. The minimum atomic E-state index is -0.920. The second-order valence-corrected chi connectivity index (χ2v) is 16.5. The molecule has 8 rings (SSSR count). The van der Waals surface area contributed by atoms with E-state index in [2.05, 4.69) is 69.8 Å². The Balaban J connectivity index is 0.887. The molecule has 2 saturated heterocycles. The Labute approximate surface area is 372 Å². The lowest BCUT2D eigenvalue weighted by molar-refractivity contribution is -0.134. The van der Waals surface area contributed by atoms with E-state index in [1.807, 2.05) is 86.9 Å². The number of hydrogen-bond donors (Lipinski definition) is 6. The SMILES string of the molecule is CCNC(=O)N[C@@H](C(=O)N1C[C@H](O)C[C@H]1C1=NC=C(c2ccc(-c3ccc(C4=CN=C([C@@H]5C[C@@H](O)CN5C(=O)[C@H](NC(=O)NCC)c5ccccc5)C4)cc3)cc2)C1)c1ccccc1. The average molecular weight is 863 g/mol. The summed E-state index contributed by atoms with van der Waals surface area (Å²) in [7, 11) is 0. The van der Waals surface area contributed by atoms with Crippen LogP contribution in [0, 0.1) is 0 Å². The number of allylic oxidation sites excluding steroid dienone is 2. The van der Waals surface area contributed by atoms with Crippen molar-refractivity contribution >= 4 is 46.4 Å². The highest BCUT2D eigenvalue weighted by Crippen LogP contribution is 2.35. The molecule has 0 bridgehead atoms. The summed E-state index contributed by atoms with van der Waals surface area (Å²) < 4.78 is 0. The normalized spacial score (nSPS) is 21.3. The molecule has 14 nitrogen and oxygen atoms in total. The fraction of sp³-hybridized carbons (Fsp3) is 0.320. The first-order valence-corrected chi connectivity index (χ1v) is 22.0. The topological polar surface area (TPSA) is 188 Å². The molecule has 2 fully saturated rings. The van der Waals surface area contributed by atoms with Gasteiger partial charge in [-0.3, -0.25) is 19.6 Å². The minimum Gasteiger partial charge on any atom is -0.391 e. The molecule has 6 N–H and O–H groups in total. The molecule has 0 radical (unpaired) electrons. The van der Waals surface area contributed by atoms with Crippen LogP contribution in [-0.4, -0.2) is 106 Å². The summed E-state index contributed by atoms with van der Waals surface area (Å²) in [4.78, 5) is 66.2. The van der Waals surface area contributed by atoms with Crippen molar-refractivity contribution in [2.24, 2.45) is 9.98 Å². The van der Waals surface area contributed by atoms with Gasteiger partial charge in [0.05, 0.1) is 24.3 Å². The third-order valence-corrected chi connectivity index (χ3v) is 12.2. The molecule has 4 heterocycles. The van der Waals surface area contributed by atoms with Crippen molar-refractivity contribution < 1.29 is 29.4 Å². The van der Waals surface area contributed by atoms with Gasteiger partial charge in [-0.05, 0) is 58.4 Å². The van der Waals surface area contributed by atoms with Gasteiger partial charge < -0.3 is 41.3 Å². The molecule has 4 aromatic carbocycles. The summed E-state index contributed by atoms with van der Waals surface area (Å²) in [5.41, 5.74) is 9.03. The van der Waals surface area contributed by atoms with Gasteiger partial charge in [-0.15, -0.1) is 0 Å². The van der Waals surface area contributed by atoms with Crippen molar-refractivity contribution in [1.82, 2.24) is 31.1 Å². The Morgan fingerprint density at radius 2 is 0.922 bits per heavy atom. The van der Waals surface area contributed by atoms with E-state index in [1.165, 1.54) is 0 Å². The van der Waals surface area contributed by atoms with Crippen LogP contribution in [0.5, 0.6) is 0 Å². The number of nitrogens with zero attached hydrogens (tertiary/aromatic N) is 4. The van der Waals surface area contributed by atoms with E-state index in [9.17, 15) is 29.4 Å². The van der Waals surface area contributed by atoms with E-state index in [1.54, 1.807) is 9.80 Å². The van der Waals surface area contributed by atoms with Gasteiger partial charge in [-0.25, -0.2) is 9.59 Å². The first-order chi connectivity index (χ1) is 31.1.